The summed E-state index contributed by atoms with van der Waals surface area (Å²) in [6, 6.07) is 0. The molecule has 0 aliphatic carbocycles. The first-order valence-corrected chi connectivity index (χ1v) is 26.2. The van der Waals surface area contributed by atoms with E-state index < -0.39 is 12.2 Å². The molecule has 4 atom stereocenters. The number of aromatic nitrogens is 2. The average molecular weight is 862 g/mol. The maximum Gasteiger partial charge on any atom is 0.308 e. The van der Waals surface area contributed by atoms with Crippen LogP contribution in [-0.4, -0.2) is 81.7 Å². The summed E-state index contributed by atoms with van der Waals surface area (Å²) in [7, 11) is 0. The number of ether oxygens (including phenoxy) is 2. The van der Waals surface area contributed by atoms with Crippen LogP contribution in [-0.2, 0) is 32.0 Å². The van der Waals surface area contributed by atoms with Crippen molar-refractivity contribution in [2.75, 3.05) is 32.8 Å². The lowest BCUT2D eigenvalue weighted by Crippen LogP contribution is -2.39. The van der Waals surface area contributed by atoms with Gasteiger partial charge in [-0.05, 0) is 70.6 Å². The van der Waals surface area contributed by atoms with E-state index in [1.807, 2.05) is 12.4 Å². The maximum absolute atomic E-state index is 13.1. The summed E-state index contributed by atoms with van der Waals surface area (Å²) in [5.74, 6) is 1.04. The number of carbonyl (C=O) groups excluding carboxylic acids is 2. The van der Waals surface area contributed by atoms with Gasteiger partial charge in [0.2, 0.25) is 0 Å². The van der Waals surface area contributed by atoms with Gasteiger partial charge in [-0.25, -0.2) is 4.98 Å². The molecule has 1 rings (SSSR count). The van der Waals surface area contributed by atoms with Crippen molar-refractivity contribution in [3.63, 3.8) is 0 Å². The molecule has 9 nitrogen and oxygen atoms in total. The Balaban J connectivity index is 2.58. The van der Waals surface area contributed by atoms with Gasteiger partial charge in [-0.2, -0.15) is 0 Å². The Bertz CT molecular complexity index is 1070. The third-order valence-electron chi connectivity index (χ3n) is 12.6. The van der Waals surface area contributed by atoms with Crippen molar-refractivity contribution in [3.05, 3.63) is 18.2 Å². The lowest BCUT2D eigenvalue weighted by molar-refractivity contribution is -0.150. The molecule has 0 saturated heterocycles. The third kappa shape index (κ3) is 31.5. The summed E-state index contributed by atoms with van der Waals surface area (Å²) in [6.07, 6.45) is 36.8. The van der Waals surface area contributed by atoms with Crippen LogP contribution < -0.4 is 0 Å². The monoisotopic (exact) mass is 862 g/mol. The Morgan fingerprint density at radius 3 is 1.33 bits per heavy atom. The van der Waals surface area contributed by atoms with Gasteiger partial charge in [0.1, 0.15) is 5.82 Å². The van der Waals surface area contributed by atoms with Crippen LogP contribution in [0.1, 0.15) is 239 Å². The molecule has 0 aliphatic rings. The molecule has 0 aromatic carbocycles. The topological polar surface area (TPSA) is 114 Å². The first-order chi connectivity index (χ1) is 29.8. The van der Waals surface area contributed by atoms with Gasteiger partial charge < -0.3 is 24.3 Å². The molecule has 358 valence electrons. The number of aliphatic hydroxyl groups excluding tert-OH is 2. The Morgan fingerprint density at radius 1 is 0.541 bits per heavy atom. The van der Waals surface area contributed by atoms with Gasteiger partial charge in [0, 0.05) is 45.0 Å². The molecular formula is C52H99N3O6. The van der Waals surface area contributed by atoms with Crippen LogP contribution in [0.15, 0.2) is 12.4 Å². The Kier molecular flexibility index (Phi) is 38.1. The van der Waals surface area contributed by atoms with E-state index in [4.69, 9.17) is 9.47 Å². The van der Waals surface area contributed by atoms with Crippen LogP contribution in [0.3, 0.4) is 0 Å². The zero-order valence-corrected chi connectivity index (χ0v) is 40.7. The molecule has 1 aromatic heterocycles. The summed E-state index contributed by atoms with van der Waals surface area (Å²) in [5.41, 5.74) is 0. The highest BCUT2D eigenvalue weighted by Crippen LogP contribution is 2.22. The second-order valence-electron chi connectivity index (χ2n) is 18.3. The fraction of sp³-hybridized carbons (Fsp3) is 0.904. The van der Waals surface area contributed by atoms with Crippen LogP contribution in [0.25, 0.3) is 0 Å². The smallest absolute Gasteiger partial charge is 0.308 e. The van der Waals surface area contributed by atoms with Gasteiger partial charge in [0.25, 0.3) is 0 Å². The fourth-order valence-electron chi connectivity index (χ4n) is 8.64. The van der Waals surface area contributed by atoms with E-state index in [1.165, 1.54) is 103 Å². The van der Waals surface area contributed by atoms with Gasteiger partial charge >= 0.3 is 11.9 Å². The van der Waals surface area contributed by atoms with E-state index in [0.717, 1.165) is 109 Å². The van der Waals surface area contributed by atoms with E-state index in [2.05, 4.69) is 49.1 Å². The molecule has 0 fully saturated rings. The third-order valence-corrected chi connectivity index (χ3v) is 12.6. The van der Waals surface area contributed by atoms with Gasteiger partial charge in [-0.1, -0.05) is 163 Å². The van der Waals surface area contributed by atoms with Crippen LogP contribution >= 0.6 is 0 Å². The number of esters is 2. The lowest BCUT2D eigenvalue weighted by Gasteiger charge is -2.27. The number of rotatable bonds is 45. The molecule has 1 aromatic rings. The molecule has 61 heavy (non-hydrogen) atoms. The maximum atomic E-state index is 13.1. The van der Waals surface area contributed by atoms with E-state index >= 15 is 0 Å². The van der Waals surface area contributed by atoms with Crippen LogP contribution in [0.2, 0.25) is 0 Å². The van der Waals surface area contributed by atoms with Crippen molar-refractivity contribution in [3.8, 4) is 0 Å². The first kappa shape index (κ1) is 57.0. The predicted molar refractivity (Wildman–Crippen MR) is 255 cm³/mol. The van der Waals surface area contributed by atoms with Crippen molar-refractivity contribution < 1.29 is 29.3 Å². The minimum absolute atomic E-state index is 0.0107. The SMILES string of the molecule is CCCCCCCCC(CCCCCC)C(=O)OCCCCC(O)CN(CCCn1ccnc1CC)CC(O)CCCCOC(=O)C(CCCCCC)CCCCCCCC. The van der Waals surface area contributed by atoms with Gasteiger partial charge in [0.15, 0.2) is 0 Å². The van der Waals surface area contributed by atoms with Gasteiger partial charge in [-0.3, -0.25) is 14.5 Å². The molecule has 0 bridgehead atoms. The minimum Gasteiger partial charge on any atom is -0.465 e. The molecule has 1 heterocycles. The fourth-order valence-corrected chi connectivity index (χ4v) is 8.64. The van der Waals surface area contributed by atoms with Gasteiger partial charge in [0.05, 0.1) is 37.3 Å². The molecular weight excluding hydrogens is 763 g/mol. The van der Waals surface area contributed by atoms with E-state index in [0.29, 0.717) is 39.1 Å². The second-order valence-corrected chi connectivity index (χ2v) is 18.3. The molecule has 0 spiro atoms. The first-order valence-electron chi connectivity index (χ1n) is 26.2. The molecule has 0 radical (unpaired) electrons. The zero-order chi connectivity index (χ0) is 44.6. The Morgan fingerprint density at radius 2 is 0.918 bits per heavy atom. The number of aliphatic hydroxyl groups is 2. The zero-order valence-electron chi connectivity index (χ0n) is 40.7. The van der Waals surface area contributed by atoms with Crippen molar-refractivity contribution in [2.45, 2.75) is 259 Å². The average Bonchev–Trinajstić information content (AvgIpc) is 3.71. The van der Waals surface area contributed by atoms with Crippen molar-refractivity contribution in [2.24, 2.45) is 11.8 Å². The number of hydrogen-bond acceptors (Lipinski definition) is 8. The summed E-state index contributed by atoms with van der Waals surface area (Å²) in [6.45, 7) is 14.5. The van der Waals surface area contributed by atoms with Crippen molar-refractivity contribution in [1.29, 1.82) is 0 Å². The number of carbonyl (C=O) groups is 2. The summed E-state index contributed by atoms with van der Waals surface area (Å²) >= 11 is 0. The second kappa shape index (κ2) is 40.8. The summed E-state index contributed by atoms with van der Waals surface area (Å²) in [4.78, 5) is 32.9. The predicted octanol–water partition coefficient (Wildman–Crippen LogP) is 13.0. The van der Waals surface area contributed by atoms with Gasteiger partial charge in [-0.15, -0.1) is 0 Å². The lowest BCUT2D eigenvalue weighted by atomic mass is 9.94. The standard InChI is InChI=1S/C52H99N3O6/c1-6-11-15-19-21-25-34-46(32-23-17-13-8-3)51(58)60-42-29-27-36-48(56)44-54(39-31-40-55-41-38-53-50(55)10-5)45-49(57)37-28-30-43-61-52(59)47(33-24-18-14-9-4)35-26-22-20-16-12-7-2/h38,41,46-49,56-57H,6-37,39-40,42-45H2,1-5H3. The molecule has 4 unspecified atom stereocenters. The Labute approximate surface area is 376 Å². The Hall–Kier alpha value is -1.97. The van der Waals surface area contributed by atoms with E-state index in [-0.39, 0.29) is 23.8 Å². The quantitative estimate of drug-likeness (QED) is 0.0492. The van der Waals surface area contributed by atoms with Crippen molar-refractivity contribution >= 4 is 11.9 Å². The largest absolute Gasteiger partial charge is 0.465 e. The highest BCUT2D eigenvalue weighted by molar-refractivity contribution is 5.72. The van der Waals surface area contributed by atoms with E-state index in [1.54, 1.807) is 0 Å². The summed E-state index contributed by atoms with van der Waals surface area (Å²) in [5, 5.41) is 22.3. The molecule has 0 aliphatic heterocycles. The molecule has 9 heteroatoms. The van der Waals surface area contributed by atoms with Crippen LogP contribution in [0.4, 0.5) is 0 Å². The van der Waals surface area contributed by atoms with E-state index in [9.17, 15) is 19.8 Å². The highest BCUT2D eigenvalue weighted by Gasteiger charge is 2.21. The number of aryl methyl sites for hydroxylation is 2. The highest BCUT2D eigenvalue weighted by atomic mass is 16.5. The number of nitrogens with zero attached hydrogens (tertiary/aromatic N) is 3. The molecule has 2 N–H and O–H groups in total. The minimum atomic E-state index is -0.521. The number of unbranched alkanes of at least 4 members (excludes halogenated alkanes) is 18. The number of imidazole rings is 1. The number of hydrogen-bond donors (Lipinski definition) is 2. The summed E-state index contributed by atoms with van der Waals surface area (Å²) < 4.78 is 13.8. The van der Waals surface area contributed by atoms with Crippen LogP contribution in [0.5, 0.6) is 0 Å². The molecule has 0 amide bonds. The van der Waals surface area contributed by atoms with Crippen molar-refractivity contribution in [1.82, 2.24) is 14.5 Å². The van der Waals surface area contributed by atoms with Crippen LogP contribution in [0, 0.1) is 11.8 Å². The normalized spacial score (nSPS) is 13.7. The molecule has 0 saturated carbocycles.